The summed E-state index contributed by atoms with van der Waals surface area (Å²) in [6.45, 7) is -0.0878. The van der Waals surface area contributed by atoms with Crippen molar-refractivity contribution in [3.8, 4) is 12.1 Å². The molecule has 0 aromatic heterocycles. The lowest BCUT2D eigenvalue weighted by Gasteiger charge is -2.21. The van der Waals surface area contributed by atoms with Gasteiger partial charge in [0.2, 0.25) is 0 Å². The molecule has 0 aliphatic carbocycles. The van der Waals surface area contributed by atoms with E-state index in [0.29, 0.717) is 16.7 Å². The van der Waals surface area contributed by atoms with Gasteiger partial charge in [0.25, 0.3) is 0 Å². The van der Waals surface area contributed by atoms with Gasteiger partial charge < -0.3 is 10.0 Å². The fourth-order valence-corrected chi connectivity index (χ4v) is 1.96. The second kappa shape index (κ2) is 5.88. The number of aliphatic hydroxyl groups excluding tert-OH is 1. The lowest BCUT2D eigenvalue weighted by molar-refractivity contribution is 0.282. The zero-order valence-corrected chi connectivity index (χ0v) is 11.0. The summed E-state index contributed by atoms with van der Waals surface area (Å²) in [6.07, 6.45) is 0. The van der Waals surface area contributed by atoms with E-state index in [0.717, 1.165) is 11.4 Å². The maximum atomic E-state index is 9.22. The molecule has 20 heavy (non-hydrogen) atoms. The van der Waals surface area contributed by atoms with E-state index < -0.39 is 0 Å². The molecule has 2 rings (SSSR count). The molecule has 0 atom stereocenters. The van der Waals surface area contributed by atoms with Gasteiger partial charge in [-0.15, -0.1) is 0 Å². The number of hydrogen-bond acceptors (Lipinski definition) is 4. The molecule has 0 saturated heterocycles. The monoisotopic (exact) mass is 263 g/mol. The van der Waals surface area contributed by atoms with Crippen molar-refractivity contribution in [2.45, 2.75) is 6.61 Å². The van der Waals surface area contributed by atoms with Crippen molar-refractivity contribution in [2.75, 3.05) is 11.9 Å². The minimum absolute atomic E-state index is 0.0878. The van der Waals surface area contributed by atoms with Crippen LogP contribution in [0.1, 0.15) is 16.7 Å². The van der Waals surface area contributed by atoms with Crippen LogP contribution in [-0.2, 0) is 6.61 Å². The van der Waals surface area contributed by atoms with E-state index in [1.54, 1.807) is 24.3 Å². The Labute approximate surface area is 117 Å². The standard InChI is InChI=1S/C16H13N3O/c1-19(15-5-2-12(9-17)3-6-15)16-7-4-13(11-20)8-14(16)10-18/h2-8,20H,11H2,1H3. The molecule has 0 unspecified atom stereocenters. The molecule has 4 heteroatoms. The smallest absolute Gasteiger partial charge is 0.101 e. The number of anilines is 2. The van der Waals surface area contributed by atoms with Crippen molar-refractivity contribution in [3.63, 3.8) is 0 Å². The minimum Gasteiger partial charge on any atom is -0.392 e. The number of benzene rings is 2. The highest BCUT2D eigenvalue weighted by atomic mass is 16.3. The van der Waals surface area contributed by atoms with Gasteiger partial charge in [0.05, 0.1) is 29.5 Å². The van der Waals surface area contributed by atoms with Gasteiger partial charge in [-0.2, -0.15) is 10.5 Å². The molecular weight excluding hydrogens is 250 g/mol. The fraction of sp³-hybridized carbons (Fsp3) is 0.125. The highest BCUT2D eigenvalue weighted by Crippen LogP contribution is 2.27. The SMILES string of the molecule is CN(c1ccc(C#N)cc1)c1ccc(CO)cc1C#N. The van der Waals surface area contributed by atoms with E-state index in [2.05, 4.69) is 12.1 Å². The number of aliphatic hydroxyl groups is 1. The van der Waals surface area contributed by atoms with Crippen molar-refractivity contribution >= 4 is 11.4 Å². The highest BCUT2D eigenvalue weighted by molar-refractivity contribution is 5.69. The number of rotatable bonds is 3. The van der Waals surface area contributed by atoms with Crippen molar-refractivity contribution in [3.05, 3.63) is 59.2 Å². The molecule has 0 saturated carbocycles. The highest BCUT2D eigenvalue weighted by Gasteiger charge is 2.10. The maximum absolute atomic E-state index is 9.22. The van der Waals surface area contributed by atoms with Crippen LogP contribution in [0.3, 0.4) is 0 Å². The molecule has 1 N–H and O–H groups in total. The summed E-state index contributed by atoms with van der Waals surface area (Å²) in [7, 11) is 1.86. The molecule has 2 aromatic rings. The predicted molar refractivity (Wildman–Crippen MR) is 76.3 cm³/mol. The molecule has 0 bridgehead atoms. The lowest BCUT2D eigenvalue weighted by Crippen LogP contribution is -2.11. The first kappa shape index (κ1) is 13.6. The molecule has 2 aromatic carbocycles. The predicted octanol–water partition coefficient (Wildman–Crippen LogP) is 2.69. The van der Waals surface area contributed by atoms with Gasteiger partial charge in [0.15, 0.2) is 0 Å². The summed E-state index contributed by atoms with van der Waals surface area (Å²) >= 11 is 0. The Hall–Kier alpha value is -2.82. The molecule has 0 aliphatic heterocycles. The second-order valence-corrected chi connectivity index (χ2v) is 4.34. The molecule has 4 nitrogen and oxygen atoms in total. The Balaban J connectivity index is 2.40. The van der Waals surface area contributed by atoms with Crippen LogP contribution in [0.2, 0.25) is 0 Å². The normalized spacial score (nSPS) is 9.60. The summed E-state index contributed by atoms with van der Waals surface area (Å²) in [5.74, 6) is 0. The average Bonchev–Trinajstić information content (AvgIpc) is 2.53. The van der Waals surface area contributed by atoms with E-state index >= 15 is 0 Å². The number of nitriles is 2. The maximum Gasteiger partial charge on any atom is 0.101 e. The summed E-state index contributed by atoms with van der Waals surface area (Å²) < 4.78 is 0. The third-order valence-electron chi connectivity index (χ3n) is 3.11. The summed E-state index contributed by atoms with van der Waals surface area (Å²) in [6, 6.07) is 16.6. The van der Waals surface area contributed by atoms with Crippen LogP contribution in [0.25, 0.3) is 0 Å². The van der Waals surface area contributed by atoms with Crippen LogP contribution in [0.15, 0.2) is 42.5 Å². The first-order chi connectivity index (χ1) is 9.69. The number of nitrogens with zero attached hydrogens (tertiary/aromatic N) is 3. The Morgan fingerprint density at radius 1 is 1.05 bits per heavy atom. The molecule has 98 valence electrons. The van der Waals surface area contributed by atoms with Crippen LogP contribution in [0, 0.1) is 22.7 Å². The van der Waals surface area contributed by atoms with Gasteiger partial charge in [-0.05, 0) is 42.0 Å². The first-order valence-electron chi connectivity index (χ1n) is 6.07. The Morgan fingerprint density at radius 2 is 1.75 bits per heavy atom. The summed E-state index contributed by atoms with van der Waals surface area (Å²) in [4.78, 5) is 1.88. The quantitative estimate of drug-likeness (QED) is 0.924. The molecule has 0 fully saturated rings. The van der Waals surface area contributed by atoms with Gasteiger partial charge in [0, 0.05) is 12.7 Å². The van der Waals surface area contributed by atoms with Crippen molar-refractivity contribution in [2.24, 2.45) is 0 Å². The average molecular weight is 263 g/mol. The van der Waals surface area contributed by atoms with Gasteiger partial charge in [0.1, 0.15) is 6.07 Å². The molecule has 0 amide bonds. The van der Waals surface area contributed by atoms with Crippen molar-refractivity contribution in [1.29, 1.82) is 10.5 Å². The van der Waals surface area contributed by atoms with E-state index in [1.165, 1.54) is 0 Å². The first-order valence-corrected chi connectivity index (χ1v) is 6.07. The molecular formula is C16H13N3O. The van der Waals surface area contributed by atoms with Gasteiger partial charge in [-0.25, -0.2) is 0 Å². The molecule has 0 heterocycles. The lowest BCUT2D eigenvalue weighted by atomic mass is 10.1. The van der Waals surface area contributed by atoms with Crippen molar-refractivity contribution < 1.29 is 5.11 Å². The zero-order valence-electron chi connectivity index (χ0n) is 11.0. The summed E-state index contributed by atoms with van der Waals surface area (Å²) in [5, 5.41) is 27.1. The van der Waals surface area contributed by atoms with Gasteiger partial charge in [-0.1, -0.05) is 6.07 Å². The largest absolute Gasteiger partial charge is 0.392 e. The van der Waals surface area contributed by atoms with E-state index in [9.17, 15) is 5.26 Å². The molecule has 0 spiro atoms. The second-order valence-electron chi connectivity index (χ2n) is 4.34. The van der Waals surface area contributed by atoms with E-state index in [4.69, 9.17) is 10.4 Å². The molecule has 0 aliphatic rings. The van der Waals surface area contributed by atoms with Crippen LogP contribution in [0.4, 0.5) is 11.4 Å². The van der Waals surface area contributed by atoms with Gasteiger partial charge >= 0.3 is 0 Å². The van der Waals surface area contributed by atoms with Gasteiger partial charge in [-0.3, -0.25) is 0 Å². The third kappa shape index (κ3) is 2.61. The third-order valence-corrected chi connectivity index (χ3v) is 3.11. The number of hydrogen-bond donors (Lipinski definition) is 1. The molecule has 0 radical (unpaired) electrons. The van der Waals surface area contributed by atoms with E-state index in [1.807, 2.05) is 30.1 Å². The minimum atomic E-state index is -0.0878. The van der Waals surface area contributed by atoms with Crippen molar-refractivity contribution in [1.82, 2.24) is 0 Å². The Bertz CT molecular complexity index is 693. The summed E-state index contributed by atoms with van der Waals surface area (Å²) in [5.41, 5.74) is 3.45. The Morgan fingerprint density at radius 3 is 2.30 bits per heavy atom. The van der Waals surface area contributed by atoms with Crippen LogP contribution in [-0.4, -0.2) is 12.2 Å². The van der Waals surface area contributed by atoms with Crippen LogP contribution >= 0.6 is 0 Å². The topological polar surface area (TPSA) is 71.1 Å². The van der Waals surface area contributed by atoms with E-state index in [-0.39, 0.29) is 6.61 Å². The Kier molecular flexibility index (Phi) is 4.00. The fourth-order valence-electron chi connectivity index (χ4n) is 1.96. The van der Waals surface area contributed by atoms with Crippen LogP contribution < -0.4 is 4.90 Å². The van der Waals surface area contributed by atoms with Crippen LogP contribution in [0.5, 0.6) is 0 Å². The zero-order chi connectivity index (χ0) is 14.5.